The first-order valence-electron chi connectivity index (χ1n) is 9.02. The number of amides is 1. The lowest BCUT2D eigenvalue weighted by Gasteiger charge is -2.19. The lowest BCUT2D eigenvalue weighted by molar-refractivity contribution is -0.141. The molecule has 30 heavy (non-hydrogen) atoms. The van der Waals surface area contributed by atoms with E-state index in [1.54, 1.807) is 24.3 Å². The first-order chi connectivity index (χ1) is 14.4. The summed E-state index contributed by atoms with van der Waals surface area (Å²) >= 11 is 0. The molecule has 0 saturated heterocycles. The average molecular weight is 417 g/mol. The van der Waals surface area contributed by atoms with E-state index in [0.717, 1.165) is 0 Å². The average Bonchev–Trinajstić information content (AvgIpc) is 2.76. The summed E-state index contributed by atoms with van der Waals surface area (Å²) in [6, 6.07) is 8.75. The zero-order valence-corrected chi connectivity index (χ0v) is 17.2. The molecule has 0 spiro atoms. The first-order valence-corrected chi connectivity index (χ1v) is 9.02. The number of benzene rings is 2. The summed E-state index contributed by atoms with van der Waals surface area (Å²) in [7, 11) is 5.65. The molecule has 0 aliphatic heterocycles. The Hall–Kier alpha value is -3.55. The lowest BCUT2D eigenvalue weighted by Crippen LogP contribution is -2.29. The van der Waals surface area contributed by atoms with Gasteiger partial charge in [-0.05, 0) is 41.5 Å². The first kappa shape index (κ1) is 22.7. The van der Waals surface area contributed by atoms with E-state index in [2.05, 4.69) is 5.32 Å². The molecule has 0 aliphatic rings. The van der Waals surface area contributed by atoms with Gasteiger partial charge in [0.05, 0.1) is 40.9 Å². The quantitative estimate of drug-likeness (QED) is 0.498. The van der Waals surface area contributed by atoms with Gasteiger partial charge in [-0.25, -0.2) is 4.39 Å². The third kappa shape index (κ3) is 5.97. The van der Waals surface area contributed by atoms with Crippen molar-refractivity contribution in [2.45, 2.75) is 12.5 Å². The molecule has 1 atom stereocenters. The molecular formula is C22H24FNO6. The Labute approximate surface area is 174 Å². The van der Waals surface area contributed by atoms with Crippen molar-refractivity contribution < 1.29 is 32.9 Å². The third-order valence-corrected chi connectivity index (χ3v) is 4.33. The van der Waals surface area contributed by atoms with Gasteiger partial charge in [0.1, 0.15) is 0 Å². The van der Waals surface area contributed by atoms with E-state index >= 15 is 0 Å². The van der Waals surface area contributed by atoms with Crippen LogP contribution in [0.1, 0.15) is 23.6 Å². The largest absolute Gasteiger partial charge is 0.494 e. The van der Waals surface area contributed by atoms with E-state index in [4.69, 9.17) is 18.9 Å². The van der Waals surface area contributed by atoms with Gasteiger partial charge in [0, 0.05) is 6.08 Å². The fourth-order valence-corrected chi connectivity index (χ4v) is 2.75. The lowest BCUT2D eigenvalue weighted by atomic mass is 10.0. The van der Waals surface area contributed by atoms with Crippen LogP contribution < -0.4 is 19.5 Å². The number of carbonyl (C=O) groups is 2. The Morgan fingerprint density at radius 1 is 0.967 bits per heavy atom. The van der Waals surface area contributed by atoms with Gasteiger partial charge in [-0.1, -0.05) is 12.1 Å². The number of ether oxygens (including phenoxy) is 4. The molecule has 160 valence electrons. The van der Waals surface area contributed by atoms with E-state index in [9.17, 15) is 14.0 Å². The maximum atomic E-state index is 13.8. The van der Waals surface area contributed by atoms with Crippen molar-refractivity contribution in [3.8, 4) is 17.2 Å². The molecule has 0 radical (unpaired) electrons. The van der Waals surface area contributed by atoms with Gasteiger partial charge in [0.25, 0.3) is 0 Å². The number of hydrogen-bond donors (Lipinski definition) is 1. The van der Waals surface area contributed by atoms with Crippen LogP contribution in [-0.2, 0) is 14.3 Å². The summed E-state index contributed by atoms with van der Waals surface area (Å²) < 4.78 is 33.9. The predicted molar refractivity (Wildman–Crippen MR) is 109 cm³/mol. The Kier molecular flexibility index (Phi) is 8.22. The Morgan fingerprint density at radius 3 is 2.23 bits per heavy atom. The molecule has 1 amide bonds. The molecule has 2 aromatic carbocycles. The van der Waals surface area contributed by atoms with Crippen LogP contribution in [0, 0.1) is 5.82 Å². The van der Waals surface area contributed by atoms with Crippen LogP contribution >= 0.6 is 0 Å². The third-order valence-electron chi connectivity index (χ3n) is 4.33. The fourth-order valence-electron chi connectivity index (χ4n) is 2.75. The highest BCUT2D eigenvalue weighted by Gasteiger charge is 2.20. The molecule has 8 heteroatoms. The van der Waals surface area contributed by atoms with Crippen molar-refractivity contribution in [1.82, 2.24) is 5.32 Å². The van der Waals surface area contributed by atoms with E-state index < -0.39 is 23.7 Å². The summed E-state index contributed by atoms with van der Waals surface area (Å²) in [6.07, 6.45) is 2.64. The number of nitrogens with one attached hydrogen (secondary N) is 1. The van der Waals surface area contributed by atoms with Gasteiger partial charge < -0.3 is 24.3 Å². The van der Waals surface area contributed by atoms with Crippen LogP contribution in [0.15, 0.2) is 42.5 Å². The van der Waals surface area contributed by atoms with Gasteiger partial charge in [-0.3, -0.25) is 9.59 Å². The standard InChI is InChI=1S/C22H24FNO6/c1-27-18-8-5-14(11-16(18)23)6-10-21(25)24-17(13-22(26)30-4)15-7-9-19(28-2)20(12-15)29-3/h5-12,17H,13H2,1-4H3,(H,24,25)/b10-6+. The molecular weight excluding hydrogens is 393 g/mol. The van der Waals surface area contributed by atoms with Crippen molar-refractivity contribution in [3.05, 3.63) is 59.4 Å². The molecule has 2 rings (SSSR count). The van der Waals surface area contributed by atoms with Gasteiger partial charge in [-0.2, -0.15) is 0 Å². The second-order valence-corrected chi connectivity index (χ2v) is 6.18. The minimum absolute atomic E-state index is 0.0806. The molecule has 1 N–H and O–H groups in total. The number of methoxy groups -OCH3 is 4. The van der Waals surface area contributed by atoms with E-state index in [1.807, 2.05) is 0 Å². The van der Waals surface area contributed by atoms with Crippen LogP contribution in [0.2, 0.25) is 0 Å². The molecule has 0 heterocycles. The summed E-state index contributed by atoms with van der Waals surface area (Å²) in [4.78, 5) is 24.3. The smallest absolute Gasteiger partial charge is 0.307 e. The second-order valence-electron chi connectivity index (χ2n) is 6.18. The van der Waals surface area contributed by atoms with Crippen LogP contribution in [0.4, 0.5) is 4.39 Å². The zero-order valence-electron chi connectivity index (χ0n) is 17.2. The molecule has 0 saturated carbocycles. The van der Waals surface area contributed by atoms with Crippen LogP contribution in [0.3, 0.4) is 0 Å². The van der Waals surface area contributed by atoms with Gasteiger partial charge >= 0.3 is 5.97 Å². The van der Waals surface area contributed by atoms with Crippen molar-refractivity contribution in [2.24, 2.45) is 0 Å². The number of carbonyl (C=O) groups excluding carboxylic acids is 2. The number of hydrogen-bond acceptors (Lipinski definition) is 6. The van der Waals surface area contributed by atoms with Crippen LogP contribution in [0.5, 0.6) is 17.2 Å². The van der Waals surface area contributed by atoms with E-state index in [0.29, 0.717) is 22.6 Å². The van der Waals surface area contributed by atoms with Crippen molar-refractivity contribution in [1.29, 1.82) is 0 Å². The van der Waals surface area contributed by atoms with Gasteiger partial charge in [0.2, 0.25) is 5.91 Å². The fraction of sp³-hybridized carbons (Fsp3) is 0.273. The maximum absolute atomic E-state index is 13.8. The summed E-state index contributed by atoms with van der Waals surface area (Å²) in [5, 5.41) is 2.75. The molecule has 0 fully saturated rings. The number of esters is 1. The summed E-state index contributed by atoms with van der Waals surface area (Å²) in [5.74, 6) is -0.391. The van der Waals surface area contributed by atoms with Crippen LogP contribution in [0.25, 0.3) is 6.08 Å². The number of halogens is 1. The van der Waals surface area contributed by atoms with Crippen molar-refractivity contribution in [3.63, 3.8) is 0 Å². The normalized spacial score (nSPS) is 11.6. The van der Waals surface area contributed by atoms with E-state index in [1.165, 1.54) is 52.7 Å². The Morgan fingerprint density at radius 2 is 1.63 bits per heavy atom. The highest BCUT2D eigenvalue weighted by Crippen LogP contribution is 2.31. The Bertz CT molecular complexity index is 928. The Balaban J connectivity index is 2.20. The van der Waals surface area contributed by atoms with Crippen LogP contribution in [-0.4, -0.2) is 40.3 Å². The number of rotatable bonds is 9. The van der Waals surface area contributed by atoms with Gasteiger partial charge in [-0.15, -0.1) is 0 Å². The molecule has 0 bridgehead atoms. The zero-order chi connectivity index (χ0) is 22.1. The summed E-state index contributed by atoms with van der Waals surface area (Å²) in [5.41, 5.74) is 1.12. The maximum Gasteiger partial charge on any atom is 0.307 e. The van der Waals surface area contributed by atoms with Gasteiger partial charge in [0.15, 0.2) is 23.1 Å². The monoisotopic (exact) mass is 417 g/mol. The van der Waals surface area contributed by atoms with Crippen molar-refractivity contribution in [2.75, 3.05) is 28.4 Å². The predicted octanol–water partition coefficient (Wildman–Crippen LogP) is 3.29. The molecule has 1 unspecified atom stereocenters. The summed E-state index contributed by atoms with van der Waals surface area (Å²) in [6.45, 7) is 0. The highest BCUT2D eigenvalue weighted by molar-refractivity contribution is 5.92. The molecule has 0 aromatic heterocycles. The highest BCUT2D eigenvalue weighted by atomic mass is 19.1. The molecule has 2 aromatic rings. The molecule has 7 nitrogen and oxygen atoms in total. The SMILES string of the molecule is COC(=O)CC(NC(=O)/C=C/c1ccc(OC)c(F)c1)c1ccc(OC)c(OC)c1. The second kappa shape index (κ2) is 10.8. The topological polar surface area (TPSA) is 83.1 Å². The minimum Gasteiger partial charge on any atom is -0.494 e. The van der Waals surface area contributed by atoms with E-state index in [-0.39, 0.29) is 12.2 Å². The van der Waals surface area contributed by atoms with Crippen molar-refractivity contribution >= 4 is 18.0 Å². The molecule has 0 aliphatic carbocycles. The minimum atomic E-state index is -0.665.